The Bertz CT molecular complexity index is 76.9. The Kier molecular flexibility index (Phi) is 5.19. The molecule has 0 fully saturated rings. The highest BCUT2D eigenvalue weighted by molar-refractivity contribution is 7.76. The molecule has 0 bridgehead atoms. The van der Waals surface area contributed by atoms with Crippen LogP contribution in [-0.4, -0.2) is 15.4 Å². The molecule has 1 unspecified atom stereocenters. The van der Waals surface area contributed by atoms with Gasteiger partial charge in [-0.15, -0.1) is 0 Å². The first-order valence-corrected chi connectivity index (χ1v) is 3.36. The van der Waals surface area contributed by atoms with Crippen molar-refractivity contribution < 1.29 is 13.6 Å². The SMILES string of the molecule is CCCONS(=O)O. The van der Waals surface area contributed by atoms with Crippen molar-refractivity contribution in [2.45, 2.75) is 13.3 Å². The first-order chi connectivity index (χ1) is 3.77. The van der Waals surface area contributed by atoms with E-state index in [2.05, 4.69) is 4.84 Å². The molecule has 0 radical (unpaired) electrons. The van der Waals surface area contributed by atoms with Gasteiger partial charge in [-0.1, -0.05) is 11.8 Å². The maximum atomic E-state index is 9.75. The van der Waals surface area contributed by atoms with Crippen LogP contribution in [0, 0.1) is 0 Å². The average molecular weight is 139 g/mol. The molecular weight excluding hydrogens is 130 g/mol. The summed E-state index contributed by atoms with van der Waals surface area (Å²) >= 11 is -2.04. The molecule has 50 valence electrons. The van der Waals surface area contributed by atoms with Gasteiger partial charge in [0.1, 0.15) is 0 Å². The Hall–Kier alpha value is 0.0300. The third-order valence-corrected chi connectivity index (χ3v) is 0.697. The van der Waals surface area contributed by atoms with Crippen molar-refractivity contribution in [1.29, 1.82) is 0 Å². The Balaban J connectivity index is 2.82. The van der Waals surface area contributed by atoms with Gasteiger partial charge in [0.05, 0.1) is 6.61 Å². The Morgan fingerprint density at radius 2 is 2.50 bits per heavy atom. The summed E-state index contributed by atoms with van der Waals surface area (Å²) < 4.78 is 17.8. The fourth-order valence-electron chi connectivity index (χ4n) is 0.194. The number of nitrogens with one attached hydrogen (secondary N) is 1. The molecule has 0 aromatic carbocycles. The van der Waals surface area contributed by atoms with Crippen LogP contribution in [-0.2, 0) is 16.1 Å². The highest BCUT2D eigenvalue weighted by Crippen LogP contribution is 1.74. The van der Waals surface area contributed by atoms with E-state index in [0.29, 0.717) is 6.61 Å². The van der Waals surface area contributed by atoms with Gasteiger partial charge in [-0.25, -0.2) is 4.21 Å². The Morgan fingerprint density at radius 1 is 1.88 bits per heavy atom. The minimum Gasteiger partial charge on any atom is -0.292 e. The lowest BCUT2D eigenvalue weighted by molar-refractivity contribution is 0.0927. The summed E-state index contributed by atoms with van der Waals surface area (Å²) in [7, 11) is 0. The highest BCUT2D eigenvalue weighted by atomic mass is 32.2. The van der Waals surface area contributed by atoms with Gasteiger partial charge in [-0.3, -0.25) is 9.39 Å². The van der Waals surface area contributed by atoms with Crippen LogP contribution < -0.4 is 4.89 Å². The minimum absolute atomic E-state index is 0.451. The van der Waals surface area contributed by atoms with Crippen LogP contribution in [0.25, 0.3) is 0 Å². The largest absolute Gasteiger partial charge is 0.292 e. The molecule has 0 amide bonds. The van der Waals surface area contributed by atoms with Gasteiger partial charge in [-0.2, -0.15) is 0 Å². The van der Waals surface area contributed by atoms with E-state index in [1.807, 2.05) is 11.8 Å². The monoisotopic (exact) mass is 139 g/mol. The van der Waals surface area contributed by atoms with Crippen molar-refractivity contribution in [2.24, 2.45) is 0 Å². The van der Waals surface area contributed by atoms with E-state index in [0.717, 1.165) is 6.42 Å². The van der Waals surface area contributed by atoms with E-state index < -0.39 is 11.3 Å². The van der Waals surface area contributed by atoms with Crippen LogP contribution >= 0.6 is 0 Å². The lowest BCUT2D eigenvalue weighted by Gasteiger charge is -1.95. The smallest absolute Gasteiger partial charge is 0.256 e. The lowest BCUT2D eigenvalue weighted by Crippen LogP contribution is -2.16. The fraction of sp³-hybridized carbons (Fsp3) is 1.00. The van der Waals surface area contributed by atoms with Crippen molar-refractivity contribution in [3.8, 4) is 0 Å². The van der Waals surface area contributed by atoms with Gasteiger partial charge in [0.2, 0.25) is 0 Å². The number of hydrogen-bond acceptors (Lipinski definition) is 2. The van der Waals surface area contributed by atoms with Gasteiger partial charge < -0.3 is 0 Å². The fourth-order valence-corrected chi connectivity index (χ4v) is 0.378. The van der Waals surface area contributed by atoms with Crippen LogP contribution in [0.1, 0.15) is 13.3 Å². The third-order valence-electron chi connectivity index (χ3n) is 0.436. The predicted octanol–water partition coefficient (Wildman–Crippen LogP) is 0.0543. The second-order valence-electron chi connectivity index (χ2n) is 1.18. The number of hydrogen-bond donors (Lipinski definition) is 2. The van der Waals surface area contributed by atoms with Crippen LogP contribution in [0.15, 0.2) is 0 Å². The topological polar surface area (TPSA) is 58.6 Å². The zero-order chi connectivity index (χ0) is 6.41. The maximum Gasteiger partial charge on any atom is 0.256 e. The predicted molar refractivity (Wildman–Crippen MR) is 30.1 cm³/mol. The molecule has 0 rings (SSSR count). The van der Waals surface area contributed by atoms with E-state index in [4.69, 9.17) is 4.55 Å². The highest BCUT2D eigenvalue weighted by Gasteiger charge is 1.86. The second-order valence-corrected chi connectivity index (χ2v) is 1.85. The summed E-state index contributed by atoms with van der Waals surface area (Å²) in [6.45, 7) is 2.36. The summed E-state index contributed by atoms with van der Waals surface area (Å²) in [5.41, 5.74) is 0. The van der Waals surface area contributed by atoms with Crippen molar-refractivity contribution in [3.05, 3.63) is 0 Å². The van der Waals surface area contributed by atoms with Crippen LogP contribution in [0.4, 0.5) is 0 Å². The molecule has 0 spiro atoms. The van der Waals surface area contributed by atoms with Gasteiger partial charge >= 0.3 is 0 Å². The zero-order valence-corrected chi connectivity index (χ0v) is 5.40. The number of rotatable bonds is 4. The molecule has 0 heterocycles. The molecule has 0 aliphatic carbocycles. The average Bonchev–Trinajstić information content (AvgIpc) is 1.66. The van der Waals surface area contributed by atoms with Crippen LogP contribution in [0.2, 0.25) is 0 Å². The van der Waals surface area contributed by atoms with E-state index in [1.165, 1.54) is 0 Å². The lowest BCUT2D eigenvalue weighted by atomic mass is 10.5. The first-order valence-electron chi connectivity index (χ1n) is 2.25. The Labute approximate surface area is 50.6 Å². The summed E-state index contributed by atoms with van der Waals surface area (Å²) in [4.78, 5) is 6.32. The zero-order valence-electron chi connectivity index (χ0n) is 4.59. The van der Waals surface area contributed by atoms with E-state index in [9.17, 15) is 4.21 Å². The Morgan fingerprint density at radius 3 is 2.88 bits per heavy atom. The second kappa shape index (κ2) is 5.17. The van der Waals surface area contributed by atoms with E-state index in [1.54, 1.807) is 0 Å². The molecule has 1 atom stereocenters. The van der Waals surface area contributed by atoms with Crippen molar-refractivity contribution >= 4 is 11.3 Å². The molecule has 0 aromatic rings. The van der Waals surface area contributed by atoms with Gasteiger partial charge in [0, 0.05) is 0 Å². The molecule has 8 heavy (non-hydrogen) atoms. The summed E-state index contributed by atoms with van der Waals surface area (Å²) in [6, 6.07) is 0. The molecule has 5 heteroatoms. The summed E-state index contributed by atoms with van der Waals surface area (Å²) in [5.74, 6) is 0. The van der Waals surface area contributed by atoms with Crippen molar-refractivity contribution in [3.63, 3.8) is 0 Å². The van der Waals surface area contributed by atoms with Crippen molar-refractivity contribution in [1.82, 2.24) is 4.89 Å². The minimum atomic E-state index is -2.04. The first kappa shape index (κ1) is 8.03. The molecule has 0 aliphatic heterocycles. The molecule has 4 nitrogen and oxygen atoms in total. The van der Waals surface area contributed by atoms with Gasteiger partial charge in [0.15, 0.2) is 0 Å². The third kappa shape index (κ3) is 6.03. The van der Waals surface area contributed by atoms with Crippen LogP contribution in [0.5, 0.6) is 0 Å². The maximum absolute atomic E-state index is 9.75. The van der Waals surface area contributed by atoms with Gasteiger partial charge in [0.25, 0.3) is 11.3 Å². The van der Waals surface area contributed by atoms with Gasteiger partial charge in [-0.05, 0) is 6.42 Å². The molecule has 0 aliphatic rings. The van der Waals surface area contributed by atoms with E-state index in [-0.39, 0.29) is 0 Å². The van der Waals surface area contributed by atoms with Crippen molar-refractivity contribution in [2.75, 3.05) is 6.61 Å². The molecule has 0 aromatic heterocycles. The van der Waals surface area contributed by atoms with E-state index >= 15 is 0 Å². The quantitative estimate of drug-likeness (QED) is 0.329. The summed E-state index contributed by atoms with van der Waals surface area (Å²) in [5, 5.41) is 0. The molecular formula is C3H9NO3S. The normalized spacial score (nSPS) is 13.8. The van der Waals surface area contributed by atoms with Crippen LogP contribution in [0.3, 0.4) is 0 Å². The molecule has 2 N–H and O–H groups in total. The molecule has 0 saturated carbocycles. The molecule has 0 saturated heterocycles. The standard InChI is InChI=1S/C3H9NO3S/c1-2-3-7-4-8(5)6/h4H,2-3H2,1H3,(H,5,6). The summed E-state index contributed by atoms with van der Waals surface area (Å²) in [6.07, 6.45) is 0.824.